The number of hydrogen-bond acceptors (Lipinski definition) is 2. The fraction of sp³-hybridized carbons (Fsp3) is 0.0909. The highest BCUT2D eigenvalue weighted by molar-refractivity contribution is 6.77. The van der Waals surface area contributed by atoms with E-state index < -0.39 is 8.07 Å². The van der Waals surface area contributed by atoms with Crippen molar-refractivity contribution in [3.8, 4) is 67.1 Å². The van der Waals surface area contributed by atoms with Gasteiger partial charge in [-0.25, -0.2) is 0 Å². The highest BCUT2D eigenvalue weighted by atomic mass is 28.3. The van der Waals surface area contributed by atoms with Gasteiger partial charge in [0.1, 0.15) is 5.75 Å². The third-order valence-electron chi connectivity index (χ3n) is 19.4. The van der Waals surface area contributed by atoms with E-state index in [1.165, 1.54) is 105 Å². The largest absolute Gasteiger partial charge is 0.494 e. The van der Waals surface area contributed by atoms with E-state index in [-0.39, 0.29) is 5.41 Å². The van der Waals surface area contributed by atoms with Crippen LogP contribution < -0.4 is 9.64 Å². The average molecular weight is 1200 g/mol. The van der Waals surface area contributed by atoms with Crippen LogP contribution in [0.25, 0.3) is 106 Å². The van der Waals surface area contributed by atoms with E-state index in [1.54, 1.807) is 0 Å². The molecule has 444 valence electrons. The van der Waals surface area contributed by atoms with Crippen LogP contribution in [0, 0.1) is 0 Å². The van der Waals surface area contributed by atoms with Gasteiger partial charge in [0.15, 0.2) is 0 Å². The Bertz CT molecular complexity index is 5010. The number of para-hydroxylation sites is 1. The number of benzene rings is 13. The molecule has 0 saturated carbocycles. The highest BCUT2D eigenvalue weighted by Crippen LogP contribution is 2.57. The van der Waals surface area contributed by atoms with Crippen LogP contribution in [0.5, 0.6) is 5.75 Å². The lowest BCUT2D eigenvalue weighted by atomic mass is 9.69. The molecule has 0 fully saturated rings. The van der Waals surface area contributed by atoms with Crippen molar-refractivity contribution in [2.24, 2.45) is 0 Å². The molecule has 0 spiro atoms. The molecule has 13 aromatic carbocycles. The first-order valence-corrected chi connectivity index (χ1v) is 35.7. The Morgan fingerprint density at radius 1 is 0.402 bits per heavy atom. The second kappa shape index (κ2) is 24.5. The Balaban J connectivity index is 0.753. The van der Waals surface area contributed by atoms with Gasteiger partial charge in [0, 0.05) is 38.9 Å². The number of rotatable bonds is 19. The van der Waals surface area contributed by atoms with Crippen LogP contribution in [0.15, 0.2) is 316 Å². The first-order valence-electron chi connectivity index (χ1n) is 32.3. The summed E-state index contributed by atoms with van der Waals surface area (Å²) in [5.41, 5.74) is 24.9. The summed E-state index contributed by atoms with van der Waals surface area (Å²) in [6.45, 7) is 13.7. The van der Waals surface area contributed by atoms with Crippen LogP contribution in [0.4, 0.5) is 17.1 Å². The van der Waals surface area contributed by atoms with E-state index in [0.29, 0.717) is 6.61 Å². The number of fused-ring (bicyclic) bond motifs is 7. The third kappa shape index (κ3) is 11.0. The van der Waals surface area contributed by atoms with Gasteiger partial charge in [0.05, 0.1) is 25.7 Å². The first-order chi connectivity index (χ1) is 45.2. The van der Waals surface area contributed by atoms with E-state index >= 15 is 0 Å². The lowest BCUT2D eigenvalue weighted by Gasteiger charge is -2.35. The Hall–Kier alpha value is -10.8. The van der Waals surface area contributed by atoms with Gasteiger partial charge < -0.3 is 14.2 Å². The van der Waals surface area contributed by atoms with Crippen LogP contribution >= 0.6 is 0 Å². The maximum atomic E-state index is 6.60. The summed E-state index contributed by atoms with van der Waals surface area (Å²) in [7, 11) is -1.73. The molecule has 0 saturated heterocycles. The number of hydrogen-bond donors (Lipinski definition) is 0. The van der Waals surface area contributed by atoms with Gasteiger partial charge in [-0.15, -0.1) is 0 Å². The van der Waals surface area contributed by atoms with Crippen LogP contribution in [0.1, 0.15) is 40.7 Å². The quantitative estimate of drug-likeness (QED) is 0.0751. The molecule has 3 nitrogen and oxygen atoms in total. The van der Waals surface area contributed by atoms with E-state index in [2.05, 4.69) is 339 Å². The molecule has 0 aliphatic heterocycles. The molecule has 0 bridgehead atoms. The molecule has 4 heteroatoms. The van der Waals surface area contributed by atoms with Gasteiger partial charge in [-0.2, -0.15) is 0 Å². The molecule has 15 rings (SSSR count). The topological polar surface area (TPSA) is 17.4 Å². The standard InChI is InChI=1S/C88H72N2OSi/c1-5-62-27-31-66(32-28-62)69-35-36-71-58-79(49-41-70(71)57-69)91-54-56-92(3,4)55-18-53-88(74-21-12-8-13-22-74)84-26-17-16-25-80(84)81-50-48-78(61-85(81)88)89(76-44-37-65(38-45-76)64-19-10-7-11-20-64)77-46-39-68(40-47-77)73-43-52-87-83(60-73)82-59-72(67-33-29-63(6-2)30-34-67)42-51-86(82)90(87)75-23-14-9-15-24-75/h5-17,19-52,57-61H,1-2,18,53-56H2,3-4H3. The zero-order valence-electron chi connectivity index (χ0n) is 52.3. The summed E-state index contributed by atoms with van der Waals surface area (Å²) in [5.74, 6) is 0.934. The van der Waals surface area contributed by atoms with Crippen molar-refractivity contribution in [1.29, 1.82) is 0 Å². The Kier molecular flexibility index (Phi) is 15.4. The smallest absolute Gasteiger partial charge is 0.119 e. The fourth-order valence-corrected chi connectivity index (χ4v) is 16.4. The second-order valence-corrected chi connectivity index (χ2v) is 30.8. The minimum Gasteiger partial charge on any atom is -0.494 e. The molecule has 0 radical (unpaired) electrons. The van der Waals surface area contributed by atoms with Crippen molar-refractivity contribution < 1.29 is 4.74 Å². The number of ether oxygens (including phenoxy) is 1. The first kappa shape index (κ1) is 57.6. The maximum absolute atomic E-state index is 6.60. The van der Waals surface area contributed by atoms with Crippen LogP contribution in [0.2, 0.25) is 25.2 Å². The fourth-order valence-electron chi connectivity index (χ4n) is 14.4. The van der Waals surface area contributed by atoms with E-state index in [4.69, 9.17) is 4.74 Å². The molecule has 1 atom stereocenters. The van der Waals surface area contributed by atoms with Crippen molar-refractivity contribution in [2.75, 3.05) is 11.5 Å². The van der Waals surface area contributed by atoms with Crippen LogP contribution in [0.3, 0.4) is 0 Å². The van der Waals surface area contributed by atoms with Crippen LogP contribution in [-0.2, 0) is 5.41 Å². The lowest BCUT2D eigenvalue weighted by Crippen LogP contribution is -2.31. The highest BCUT2D eigenvalue weighted by Gasteiger charge is 2.45. The molecule has 1 aliphatic carbocycles. The third-order valence-corrected chi connectivity index (χ3v) is 22.6. The van der Waals surface area contributed by atoms with Crippen molar-refractivity contribution in [3.05, 3.63) is 344 Å². The number of anilines is 3. The number of aromatic nitrogens is 1. The molecule has 1 unspecified atom stereocenters. The van der Waals surface area contributed by atoms with Gasteiger partial charge in [-0.1, -0.05) is 263 Å². The summed E-state index contributed by atoms with van der Waals surface area (Å²) >= 11 is 0. The van der Waals surface area contributed by atoms with E-state index in [1.807, 2.05) is 12.2 Å². The van der Waals surface area contributed by atoms with Crippen molar-refractivity contribution in [2.45, 2.75) is 43.4 Å². The molecular weight excluding hydrogens is 1130 g/mol. The summed E-state index contributed by atoms with van der Waals surface area (Å²) in [6, 6.07) is 114. The Morgan fingerprint density at radius 3 is 1.48 bits per heavy atom. The molecular formula is C88H72N2OSi. The molecule has 1 heterocycles. The van der Waals surface area contributed by atoms with Gasteiger partial charge in [-0.3, -0.25) is 0 Å². The summed E-state index contributed by atoms with van der Waals surface area (Å²) in [4.78, 5) is 2.46. The predicted molar refractivity (Wildman–Crippen MR) is 395 cm³/mol. The zero-order valence-corrected chi connectivity index (χ0v) is 53.3. The zero-order chi connectivity index (χ0) is 62.2. The lowest BCUT2D eigenvalue weighted by molar-refractivity contribution is 0.338. The number of nitrogens with zero attached hydrogens (tertiary/aromatic N) is 2. The minimum atomic E-state index is -1.73. The summed E-state index contributed by atoms with van der Waals surface area (Å²) in [5, 5.41) is 4.84. The van der Waals surface area contributed by atoms with E-state index in [9.17, 15) is 0 Å². The molecule has 92 heavy (non-hydrogen) atoms. The van der Waals surface area contributed by atoms with Crippen molar-refractivity contribution >= 4 is 69.9 Å². The van der Waals surface area contributed by atoms with Gasteiger partial charge in [0.25, 0.3) is 0 Å². The van der Waals surface area contributed by atoms with Crippen molar-refractivity contribution in [1.82, 2.24) is 4.57 Å². The molecule has 1 aliphatic rings. The summed E-state index contributed by atoms with van der Waals surface area (Å²) in [6.07, 6.45) is 5.87. The van der Waals surface area contributed by atoms with Crippen LogP contribution in [-0.4, -0.2) is 19.2 Å². The normalized spacial score (nSPS) is 13.5. The molecule has 0 amide bonds. The maximum Gasteiger partial charge on any atom is 0.119 e. The molecule has 1 aromatic heterocycles. The van der Waals surface area contributed by atoms with Gasteiger partial charge in [-0.05, 0) is 198 Å². The second-order valence-electron chi connectivity index (χ2n) is 25.5. The summed E-state index contributed by atoms with van der Waals surface area (Å²) < 4.78 is 9.00. The average Bonchev–Trinajstić information content (AvgIpc) is 1.55. The minimum absolute atomic E-state index is 0.365. The Labute approximate surface area is 542 Å². The van der Waals surface area contributed by atoms with Gasteiger partial charge >= 0.3 is 0 Å². The Morgan fingerprint density at radius 2 is 0.870 bits per heavy atom. The monoisotopic (exact) mass is 1200 g/mol. The van der Waals surface area contributed by atoms with Gasteiger partial charge in [0.2, 0.25) is 0 Å². The van der Waals surface area contributed by atoms with E-state index in [0.717, 1.165) is 64.1 Å². The molecule has 14 aromatic rings. The molecule has 0 N–H and O–H groups in total. The van der Waals surface area contributed by atoms with Crippen molar-refractivity contribution in [3.63, 3.8) is 0 Å². The SMILES string of the molecule is C=Cc1ccc(-c2ccc3cc(OCC[Si](C)(C)CCCC4(c5ccccc5)c5ccccc5-c5ccc(N(c6ccc(-c7ccccc7)cc6)c6ccc(-c7ccc8c(c7)c7cc(-c9ccc(C=C)cc9)ccc7n8-c7ccccc7)cc6)cc54)ccc3c2)cc1. The predicted octanol–water partition coefficient (Wildman–Crippen LogP) is 24.2.